The van der Waals surface area contributed by atoms with E-state index in [1.54, 1.807) is 40.7 Å². The van der Waals surface area contributed by atoms with Gasteiger partial charge in [-0.25, -0.2) is 33.2 Å². The number of aromatic nitrogens is 6. The summed E-state index contributed by atoms with van der Waals surface area (Å²) in [4.78, 5) is 18.9. The van der Waals surface area contributed by atoms with Gasteiger partial charge in [-0.2, -0.15) is 5.10 Å². The summed E-state index contributed by atoms with van der Waals surface area (Å²) in [6.45, 7) is 5.73. The van der Waals surface area contributed by atoms with Crippen LogP contribution >= 0.6 is 0 Å². The fraction of sp³-hybridized carbons (Fsp3) is 0.345. The van der Waals surface area contributed by atoms with Crippen LogP contribution < -0.4 is 19.5 Å². The average molecular weight is 577 g/mol. The molecule has 218 valence electrons. The van der Waals surface area contributed by atoms with E-state index in [2.05, 4.69) is 30.4 Å². The molecule has 0 aliphatic carbocycles. The van der Waals surface area contributed by atoms with Gasteiger partial charge < -0.3 is 24.4 Å². The van der Waals surface area contributed by atoms with Crippen LogP contribution in [0, 0.1) is 6.92 Å². The number of aryl methyl sites for hydroxylation is 1. The Balaban J connectivity index is 1.33. The molecule has 1 aliphatic heterocycles. The maximum absolute atomic E-state index is 15.1. The lowest BCUT2D eigenvalue weighted by molar-refractivity contribution is -0.135. The van der Waals surface area contributed by atoms with Gasteiger partial charge in [0.25, 0.3) is 5.92 Å². The normalized spacial score (nSPS) is 17.1. The number of halogens is 2. The molecule has 11 nitrogen and oxygen atoms in total. The molecule has 0 unspecified atom stereocenters. The minimum atomic E-state index is -3.05. The summed E-state index contributed by atoms with van der Waals surface area (Å²) in [7, 11) is 1.68. The highest BCUT2D eigenvalue weighted by Gasteiger charge is 2.46. The molecule has 0 amide bonds. The number of rotatable bonds is 8. The van der Waals surface area contributed by atoms with Gasteiger partial charge in [-0.15, -0.1) is 0 Å². The minimum absolute atomic E-state index is 0.164. The third-order valence-corrected chi connectivity index (χ3v) is 6.87. The molecule has 1 atom stereocenters. The van der Waals surface area contributed by atoms with Crippen molar-refractivity contribution in [3.05, 3.63) is 60.9 Å². The van der Waals surface area contributed by atoms with Crippen LogP contribution in [0.4, 0.5) is 20.3 Å². The number of piperidine rings is 1. The van der Waals surface area contributed by atoms with E-state index in [1.165, 1.54) is 19.0 Å². The van der Waals surface area contributed by atoms with Crippen LogP contribution in [0.1, 0.15) is 25.8 Å². The van der Waals surface area contributed by atoms with Crippen molar-refractivity contribution in [3.63, 3.8) is 0 Å². The van der Waals surface area contributed by atoms with Crippen LogP contribution in [-0.4, -0.2) is 72.7 Å². The number of alkyl halides is 2. The Kier molecular flexibility index (Phi) is 7.19. The number of nitrogens with one attached hydrogen (secondary N) is 1. The van der Waals surface area contributed by atoms with Crippen LogP contribution in [0.25, 0.3) is 16.6 Å². The van der Waals surface area contributed by atoms with Gasteiger partial charge in [-0.1, -0.05) is 0 Å². The SMILES string of the molecule is Cc1cc(Nc2ncnc3ccc(OC(C)C)c(O[C@@H]4CCN(C)CC4(F)F)c23)ccc1Oc1cc2ncnn2cn1. The summed E-state index contributed by atoms with van der Waals surface area (Å²) in [6.07, 6.45) is 3.01. The molecular weight excluding hydrogens is 546 g/mol. The highest BCUT2D eigenvalue weighted by atomic mass is 19.3. The van der Waals surface area contributed by atoms with Gasteiger partial charge in [0.15, 0.2) is 23.3 Å². The second-order valence-corrected chi connectivity index (χ2v) is 10.6. The van der Waals surface area contributed by atoms with Crippen molar-refractivity contribution >= 4 is 28.1 Å². The first-order chi connectivity index (χ1) is 20.2. The lowest BCUT2D eigenvalue weighted by Gasteiger charge is -2.36. The summed E-state index contributed by atoms with van der Waals surface area (Å²) in [6, 6.07) is 10.7. The Morgan fingerprint density at radius 2 is 1.86 bits per heavy atom. The second-order valence-electron chi connectivity index (χ2n) is 10.6. The van der Waals surface area contributed by atoms with Crippen molar-refractivity contribution in [2.75, 3.05) is 25.5 Å². The molecule has 42 heavy (non-hydrogen) atoms. The first kappa shape index (κ1) is 27.5. The van der Waals surface area contributed by atoms with Crippen molar-refractivity contribution in [1.29, 1.82) is 0 Å². The third kappa shape index (κ3) is 5.59. The maximum atomic E-state index is 15.1. The monoisotopic (exact) mass is 576 g/mol. The van der Waals surface area contributed by atoms with E-state index in [4.69, 9.17) is 14.2 Å². The number of ether oxygens (including phenoxy) is 3. The molecule has 0 bridgehead atoms. The van der Waals surface area contributed by atoms with E-state index in [0.29, 0.717) is 52.0 Å². The van der Waals surface area contributed by atoms with Gasteiger partial charge in [-0.3, -0.25) is 0 Å². The Hall–Kier alpha value is -4.65. The molecule has 0 spiro atoms. The van der Waals surface area contributed by atoms with Crippen LogP contribution in [0.5, 0.6) is 23.1 Å². The van der Waals surface area contributed by atoms with Gasteiger partial charge in [0, 0.05) is 24.7 Å². The number of nitrogens with zero attached hydrogens (tertiary/aromatic N) is 7. The van der Waals surface area contributed by atoms with E-state index in [9.17, 15) is 0 Å². The van der Waals surface area contributed by atoms with Gasteiger partial charge in [0.2, 0.25) is 5.88 Å². The van der Waals surface area contributed by atoms with Crippen molar-refractivity contribution < 1.29 is 23.0 Å². The van der Waals surface area contributed by atoms with Crippen LogP contribution in [-0.2, 0) is 0 Å². The number of anilines is 2. The molecule has 2 aromatic carbocycles. The summed E-state index contributed by atoms with van der Waals surface area (Å²) in [5.74, 6) is -1.13. The van der Waals surface area contributed by atoms with Crippen molar-refractivity contribution in [2.45, 2.75) is 45.3 Å². The summed E-state index contributed by atoms with van der Waals surface area (Å²) < 4.78 is 49.8. The summed E-state index contributed by atoms with van der Waals surface area (Å²) in [5.41, 5.74) is 2.67. The fourth-order valence-corrected chi connectivity index (χ4v) is 4.90. The molecule has 1 saturated heterocycles. The van der Waals surface area contributed by atoms with E-state index in [0.717, 1.165) is 5.56 Å². The first-order valence-electron chi connectivity index (χ1n) is 13.5. The van der Waals surface area contributed by atoms with Gasteiger partial charge in [0.1, 0.15) is 30.5 Å². The predicted octanol–water partition coefficient (Wildman–Crippen LogP) is 5.42. The fourth-order valence-electron chi connectivity index (χ4n) is 4.90. The lowest BCUT2D eigenvalue weighted by atomic mass is 10.0. The molecule has 1 fully saturated rings. The number of fused-ring (bicyclic) bond motifs is 2. The Morgan fingerprint density at radius 1 is 1.02 bits per heavy atom. The van der Waals surface area contributed by atoms with Crippen LogP contribution in [0.15, 0.2) is 55.4 Å². The molecule has 0 radical (unpaired) electrons. The van der Waals surface area contributed by atoms with E-state index in [-0.39, 0.29) is 24.8 Å². The number of likely N-dealkylation sites (tertiary alicyclic amines) is 1. The Bertz CT molecular complexity index is 1750. The zero-order chi connectivity index (χ0) is 29.4. The predicted molar refractivity (Wildman–Crippen MR) is 152 cm³/mol. The number of hydrogen-bond acceptors (Lipinski definition) is 10. The van der Waals surface area contributed by atoms with Crippen LogP contribution in [0.3, 0.4) is 0 Å². The van der Waals surface area contributed by atoms with Gasteiger partial charge in [0.05, 0.1) is 23.6 Å². The summed E-state index contributed by atoms with van der Waals surface area (Å²) in [5, 5.41) is 7.80. The van der Waals surface area contributed by atoms with E-state index < -0.39 is 12.0 Å². The average Bonchev–Trinajstić information content (AvgIpc) is 3.40. The van der Waals surface area contributed by atoms with Crippen molar-refractivity contribution in [3.8, 4) is 23.1 Å². The highest BCUT2D eigenvalue weighted by Crippen LogP contribution is 2.43. The topological polar surface area (TPSA) is 112 Å². The third-order valence-electron chi connectivity index (χ3n) is 6.87. The zero-order valence-electron chi connectivity index (χ0n) is 23.6. The van der Waals surface area contributed by atoms with E-state index in [1.807, 2.05) is 32.9 Å². The van der Waals surface area contributed by atoms with E-state index >= 15 is 8.78 Å². The largest absolute Gasteiger partial charge is 0.487 e. The molecule has 1 aliphatic rings. The first-order valence-corrected chi connectivity index (χ1v) is 13.5. The Morgan fingerprint density at radius 3 is 2.64 bits per heavy atom. The minimum Gasteiger partial charge on any atom is -0.487 e. The second kappa shape index (κ2) is 11.0. The molecule has 4 heterocycles. The molecule has 0 saturated carbocycles. The van der Waals surface area contributed by atoms with Crippen molar-refractivity contribution in [2.24, 2.45) is 0 Å². The number of benzene rings is 2. The molecular formula is C29H30F2N8O3. The summed E-state index contributed by atoms with van der Waals surface area (Å²) >= 11 is 0. The maximum Gasteiger partial charge on any atom is 0.296 e. The van der Waals surface area contributed by atoms with Crippen LogP contribution in [0.2, 0.25) is 0 Å². The Labute approximate surface area is 240 Å². The highest BCUT2D eigenvalue weighted by molar-refractivity contribution is 5.97. The standard InChI is InChI=1S/C29H30F2N8O3/c1-17(2)40-22-8-6-20-26(27(22)42-23-9-10-38(4)13-29(23,30)31)28(34-14-32-20)37-19-5-7-21(18(3)11-19)41-25-12-24-33-15-36-39(24)16-35-25/h5-8,11-12,14-17,23H,9-10,13H2,1-4H3,(H,32,34,37)/t23-/m1/s1. The molecule has 3 aromatic heterocycles. The van der Waals surface area contributed by atoms with Gasteiger partial charge in [-0.05, 0) is 63.7 Å². The zero-order valence-corrected chi connectivity index (χ0v) is 23.6. The molecule has 6 rings (SSSR count). The quantitative estimate of drug-likeness (QED) is 0.257. The lowest BCUT2D eigenvalue weighted by Crippen LogP contribution is -2.52. The molecule has 1 N–H and O–H groups in total. The van der Waals surface area contributed by atoms with Crippen molar-refractivity contribution in [1.82, 2.24) is 34.4 Å². The number of hydrogen-bond donors (Lipinski definition) is 1. The molecule has 13 heteroatoms. The van der Waals surface area contributed by atoms with Gasteiger partial charge >= 0.3 is 0 Å². The molecule has 5 aromatic rings. The smallest absolute Gasteiger partial charge is 0.296 e.